The number of anilines is 1. The van der Waals surface area contributed by atoms with Gasteiger partial charge in [-0.2, -0.15) is 17.7 Å². The molecule has 1 aromatic heterocycles. The van der Waals surface area contributed by atoms with Gasteiger partial charge < -0.3 is 34.5 Å². The molecular formula is C50H51F3N5O10S+. The summed E-state index contributed by atoms with van der Waals surface area (Å²) < 4.78 is 65.1. The van der Waals surface area contributed by atoms with Crippen molar-refractivity contribution in [1.82, 2.24) is 15.1 Å². The van der Waals surface area contributed by atoms with Gasteiger partial charge in [-0.15, -0.1) is 11.8 Å². The molecule has 0 bridgehead atoms. The minimum Gasteiger partial charge on any atom is -0.448 e. The zero-order valence-electron chi connectivity index (χ0n) is 38.6. The lowest BCUT2D eigenvalue weighted by molar-refractivity contribution is -0.684. The maximum atomic E-state index is 14.5. The molecule has 3 aliphatic rings. The number of halogens is 3. The molecule has 69 heavy (non-hydrogen) atoms. The molecule has 3 aliphatic heterocycles. The molecule has 0 spiro atoms. The summed E-state index contributed by atoms with van der Waals surface area (Å²) in [4.78, 5) is 82.9. The number of thioether (sulfide) groups is 1. The van der Waals surface area contributed by atoms with Crippen molar-refractivity contribution >= 4 is 53.4 Å². The topological polar surface area (TPSA) is 174 Å². The van der Waals surface area contributed by atoms with Gasteiger partial charge in [0.05, 0.1) is 11.3 Å². The van der Waals surface area contributed by atoms with Gasteiger partial charge in [0.2, 0.25) is 12.5 Å². The molecule has 362 valence electrons. The third-order valence-electron chi connectivity index (χ3n) is 10.7. The number of hydrogen-bond acceptors (Lipinski definition) is 11. The highest BCUT2D eigenvalue weighted by Crippen LogP contribution is 2.43. The van der Waals surface area contributed by atoms with Gasteiger partial charge in [-0.3, -0.25) is 19.3 Å². The number of nitrogens with one attached hydrogen (secondary N) is 2. The molecule has 3 aromatic carbocycles. The van der Waals surface area contributed by atoms with E-state index in [1.54, 1.807) is 77.0 Å². The molecule has 4 heterocycles. The highest BCUT2D eigenvalue weighted by Gasteiger charge is 2.55. The van der Waals surface area contributed by atoms with E-state index >= 15 is 0 Å². The van der Waals surface area contributed by atoms with Gasteiger partial charge in [-0.05, 0) is 94.5 Å². The van der Waals surface area contributed by atoms with Crippen LogP contribution in [0.1, 0.15) is 76.3 Å². The van der Waals surface area contributed by atoms with Crippen LogP contribution in [-0.2, 0) is 52.7 Å². The van der Waals surface area contributed by atoms with Crippen molar-refractivity contribution in [1.29, 1.82) is 0 Å². The van der Waals surface area contributed by atoms with E-state index in [4.69, 9.17) is 18.9 Å². The molecule has 0 saturated carbocycles. The number of rotatable bonds is 12. The summed E-state index contributed by atoms with van der Waals surface area (Å²) in [6.45, 7) is 10.00. The maximum absolute atomic E-state index is 14.5. The Morgan fingerprint density at radius 2 is 1.48 bits per heavy atom. The Labute approximate surface area is 400 Å². The van der Waals surface area contributed by atoms with E-state index in [1.165, 1.54) is 21.2 Å². The Morgan fingerprint density at radius 1 is 0.855 bits per heavy atom. The molecule has 0 radical (unpaired) electrons. The zero-order chi connectivity index (χ0) is 49.8. The molecule has 2 N–H and O–H groups in total. The quantitative estimate of drug-likeness (QED) is 0.0352. The number of carbonyl (C=O) groups is 6. The Bertz CT molecular complexity index is 2640. The van der Waals surface area contributed by atoms with Crippen LogP contribution < -0.4 is 19.9 Å². The lowest BCUT2D eigenvalue weighted by Crippen LogP contribution is -2.70. The lowest BCUT2D eigenvalue weighted by atomic mass is 10.00. The van der Waals surface area contributed by atoms with Gasteiger partial charge >= 0.3 is 24.4 Å². The fourth-order valence-corrected chi connectivity index (χ4v) is 8.96. The van der Waals surface area contributed by atoms with Crippen LogP contribution in [0.4, 0.5) is 28.4 Å². The van der Waals surface area contributed by atoms with E-state index < -0.39 is 81.9 Å². The summed E-state index contributed by atoms with van der Waals surface area (Å²) in [5.74, 6) is -2.60. The molecular weight excluding hydrogens is 920 g/mol. The number of carbonyl (C=O) groups excluding carboxylic acids is 6. The van der Waals surface area contributed by atoms with Crippen molar-refractivity contribution in [2.24, 2.45) is 0 Å². The number of likely N-dealkylation sites (tertiary alicyclic amines) is 1. The van der Waals surface area contributed by atoms with E-state index in [0.29, 0.717) is 46.9 Å². The molecule has 2 saturated heterocycles. The summed E-state index contributed by atoms with van der Waals surface area (Å²) in [6.07, 6.45) is -2.62. The van der Waals surface area contributed by atoms with Crippen LogP contribution in [-0.4, -0.2) is 80.7 Å². The van der Waals surface area contributed by atoms with Crippen LogP contribution in [0, 0.1) is 0 Å². The fraction of sp³-hybridized carbons (Fsp3) is 0.340. The summed E-state index contributed by atoms with van der Waals surface area (Å²) in [5.41, 5.74) is -0.640. The summed E-state index contributed by atoms with van der Waals surface area (Å²) in [7, 11) is 0. The summed E-state index contributed by atoms with van der Waals surface area (Å²) in [5, 5.41) is 4.26. The van der Waals surface area contributed by atoms with Crippen LogP contribution in [0.15, 0.2) is 126 Å². The molecule has 2 fully saturated rings. The Hall–Kier alpha value is -7.15. The molecule has 0 unspecified atom stereocenters. The van der Waals surface area contributed by atoms with Crippen LogP contribution in [0.5, 0.6) is 5.75 Å². The van der Waals surface area contributed by atoms with Gasteiger partial charge in [0.25, 0.3) is 11.8 Å². The van der Waals surface area contributed by atoms with Gasteiger partial charge in [-0.25, -0.2) is 14.4 Å². The molecule has 7 rings (SSSR count). The van der Waals surface area contributed by atoms with E-state index in [0.717, 1.165) is 12.1 Å². The van der Waals surface area contributed by atoms with E-state index in [2.05, 4.69) is 10.6 Å². The van der Waals surface area contributed by atoms with Crippen molar-refractivity contribution < 1.29 is 65.5 Å². The highest BCUT2D eigenvalue weighted by atomic mass is 32.2. The largest absolute Gasteiger partial charge is 0.514 e. The monoisotopic (exact) mass is 970 g/mol. The molecule has 15 nitrogen and oxygen atoms in total. The average Bonchev–Trinajstić information content (AvgIpc) is 3.61. The maximum Gasteiger partial charge on any atom is 0.514 e. The lowest BCUT2D eigenvalue weighted by Gasteiger charge is -2.49. The molecule has 2 atom stereocenters. The number of β-lactam (4-membered cyclic amide) rings is 1. The number of hydrogen-bond donors (Lipinski definition) is 2. The average molecular weight is 971 g/mol. The smallest absolute Gasteiger partial charge is 0.448 e. The first-order valence-electron chi connectivity index (χ1n) is 21.9. The number of esters is 1. The van der Waals surface area contributed by atoms with Crippen LogP contribution in [0.3, 0.4) is 0 Å². The van der Waals surface area contributed by atoms with Crippen molar-refractivity contribution in [2.75, 3.05) is 17.6 Å². The van der Waals surface area contributed by atoms with Crippen molar-refractivity contribution in [2.45, 2.75) is 96.0 Å². The number of nitrogens with zero attached hydrogens (tertiary/aromatic N) is 3. The van der Waals surface area contributed by atoms with Crippen molar-refractivity contribution in [3.63, 3.8) is 0 Å². The Morgan fingerprint density at radius 3 is 2.07 bits per heavy atom. The van der Waals surface area contributed by atoms with Gasteiger partial charge in [0, 0.05) is 36.5 Å². The number of ether oxygens (including phenoxy) is 4. The number of amides is 4. The Balaban J connectivity index is 1.05. The third-order valence-corrected chi connectivity index (χ3v) is 12.0. The second-order valence-corrected chi connectivity index (χ2v) is 19.5. The SMILES string of the molecule is CC(C)(C)OC(=O)N[C@@H]1C(=O)N2C(C(=O)OC(c3ccccc3)c3ccccc3)=C(/C=C3\CCN(Cc4cc[n+](CC(=O)Nc5ccc(OC(=O)OC(C)(C)C)cc5C(F)(F)F)cc4)C3=O)CS[C@H]12. The third kappa shape index (κ3) is 12.5. The highest BCUT2D eigenvalue weighted by molar-refractivity contribution is 8.00. The fourth-order valence-electron chi connectivity index (χ4n) is 7.66. The Kier molecular flexibility index (Phi) is 14.6. The van der Waals surface area contributed by atoms with Crippen LogP contribution in [0.25, 0.3) is 0 Å². The first-order chi connectivity index (χ1) is 32.5. The van der Waals surface area contributed by atoms with Gasteiger partial charge in [-0.1, -0.05) is 60.7 Å². The second-order valence-electron chi connectivity index (χ2n) is 18.4. The number of pyridine rings is 1. The normalized spacial score (nSPS) is 17.9. The van der Waals surface area contributed by atoms with Crippen LogP contribution in [0.2, 0.25) is 0 Å². The minimum atomic E-state index is -4.90. The van der Waals surface area contributed by atoms with E-state index in [1.807, 2.05) is 60.7 Å². The number of fused-ring (bicyclic) bond motifs is 1. The molecule has 4 aromatic rings. The number of aromatic nitrogens is 1. The number of alkyl halides is 3. The zero-order valence-corrected chi connectivity index (χ0v) is 39.4. The van der Waals surface area contributed by atoms with Crippen LogP contribution >= 0.6 is 11.8 Å². The number of alkyl carbamates (subject to hydrolysis) is 1. The summed E-state index contributed by atoms with van der Waals surface area (Å²) >= 11 is 1.32. The molecule has 0 aliphatic carbocycles. The molecule has 19 heteroatoms. The van der Waals surface area contributed by atoms with Crippen molar-refractivity contribution in [3.05, 3.63) is 149 Å². The van der Waals surface area contributed by atoms with Gasteiger partial charge in [0.1, 0.15) is 34.1 Å². The first-order valence-corrected chi connectivity index (χ1v) is 23.0. The van der Waals surface area contributed by atoms with E-state index in [9.17, 15) is 41.9 Å². The predicted octanol–water partition coefficient (Wildman–Crippen LogP) is 8.00. The van der Waals surface area contributed by atoms with Crippen molar-refractivity contribution in [3.8, 4) is 5.75 Å². The minimum absolute atomic E-state index is 0.0305. The second kappa shape index (κ2) is 20.2. The van der Waals surface area contributed by atoms with Gasteiger partial charge in [0.15, 0.2) is 18.5 Å². The predicted molar refractivity (Wildman–Crippen MR) is 246 cm³/mol. The number of allylic oxidation sites excluding steroid dienone is 1. The summed E-state index contributed by atoms with van der Waals surface area (Å²) in [6, 6.07) is 23.4. The molecule has 4 amide bonds. The van der Waals surface area contributed by atoms with E-state index in [-0.39, 0.29) is 30.4 Å². The first kappa shape index (κ1) is 49.7. The standard InChI is InChI=1S/C50H50F3N5O10S/c1-48(2,3)67-46(63)55-39-43(61)58-40(45(62)66-41(31-13-9-7-10-14-31)32-15-11-8-12-16-32)34(29-69-44(39)58)25-33-21-24-57(42(33)60)27-30-19-22-56(23-20-30)28-38(59)54-37-18-17-35(26-36(37)50(51,52)53)65-47(64)68-49(4,5)6/h7-20,22-23,25-26,39,41,44H,21,24,27-29H2,1-6H3,(H-,54,55,59,63)/p+1/b33-25+/t39-,44-/m1/s1. The number of benzene rings is 3.